The normalized spacial score (nSPS) is 12.3. The van der Waals surface area contributed by atoms with E-state index >= 15 is 0 Å². The monoisotopic (exact) mass is 260 g/mol. The van der Waals surface area contributed by atoms with E-state index in [4.69, 9.17) is 18.9 Å². The lowest BCUT2D eigenvalue weighted by Gasteiger charge is -2.09. The zero-order valence-electron chi connectivity index (χ0n) is 10.5. The van der Waals surface area contributed by atoms with Crippen LogP contribution in [0.25, 0.3) is 11.4 Å². The molecule has 1 aliphatic rings. The maximum Gasteiger partial charge on any atom is 0.231 e. The molecule has 0 bridgehead atoms. The number of hydrogen-bond acceptors (Lipinski definition) is 6. The van der Waals surface area contributed by atoms with Crippen molar-refractivity contribution in [3.63, 3.8) is 0 Å². The average molecular weight is 260 g/mol. The van der Waals surface area contributed by atoms with E-state index in [0.717, 1.165) is 5.56 Å². The molecule has 0 N–H and O–H groups in total. The van der Waals surface area contributed by atoms with Crippen LogP contribution in [0.4, 0.5) is 0 Å². The molecule has 0 fully saturated rings. The minimum absolute atomic E-state index is 0.209. The molecule has 2 aromatic rings. The number of aromatic nitrogens is 2. The molecular weight excluding hydrogens is 248 g/mol. The van der Waals surface area contributed by atoms with Crippen molar-refractivity contribution in [2.75, 3.05) is 21.0 Å². The fraction of sp³-hybridized carbons (Fsp3) is 0.231. The maximum absolute atomic E-state index is 5.35. The van der Waals surface area contributed by atoms with Crippen molar-refractivity contribution in [2.45, 2.75) is 0 Å². The molecule has 0 atom stereocenters. The van der Waals surface area contributed by atoms with E-state index < -0.39 is 0 Å². The molecule has 19 heavy (non-hydrogen) atoms. The molecule has 0 radical (unpaired) electrons. The molecule has 3 rings (SSSR count). The third kappa shape index (κ3) is 2.01. The predicted octanol–water partition coefficient (Wildman–Crippen LogP) is 1.89. The summed E-state index contributed by atoms with van der Waals surface area (Å²) in [6.45, 7) is 0.209. The van der Waals surface area contributed by atoms with Crippen LogP contribution in [0.3, 0.4) is 0 Å². The quantitative estimate of drug-likeness (QED) is 0.839. The largest absolute Gasteiger partial charge is 0.496 e. The summed E-state index contributed by atoms with van der Waals surface area (Å²) in [5.74, 6) is 2.93. The van der Waals surface area contributed by atoms with Gasteiger partial charge in [-0.25, -0.2) is 4.98 Å². The van der Waals surface area contributed by atoms with Gasteiger partial charge >= 0.3 is 0 Å². The predicted molar refractivity (Wildman–Crippen MR) is 66.7 cm³/mol. The zero-order valence-corrected chi connectivity index (χ0v) is 10.5. The molecule has 2 heterocycles. The highest BCUT2D eigenvalue weighted by Gasteiger charge is 2.20. The molecule has 98 valence electrons. The number of fused-ring (bicyclic) bond motifs is 1. The summed E-state index contributed by atoms with van der Waals surface area (Å²) >= 11 is 0. The lowest BCUT2D eigenvalue weighted by molar-refractivity contribution is 0.174. The first-order valence-electron chi connectivity index (χ1n) is 5.67. The summed E-state index contributed by atoms with van der Waals surface area (Å²) in [6, 6.07) is 5.25. The first-order valence-corrected chi connectivity index (χ1v) is 5.67. The molecule has 1 aromatic heterocycles. The SMILES string of the molecule is COc1ccnc(-c2cc3c(cc2OC)OCO3)n1. The van der Waals surface area contributed by atoms with Crippen LogP contribution in [-0.2, 0) is 0 Å². The summed E-state index contributed by atoms with van der Waals surface area (Å²) in [6.07, 6.45) is 1.63. The Balaban J connectivity index is 2.12. The number of benzene rings is 1. The van der Waals surface area contributed by atoms with Gasteiger partial charge in [-0.2, -0.15) is 4.98 Å². The Hall–Kier alpha value is -2.50. The lowest BCUT2D eigenvalue weighted by atomic mass is 10.1. The van der Waals surface area contributed by atoms with E-state index in [0.29, 0.717) is 29.0 Å². The van der Waals surface area contributed by atoms with Crippen LogP contribution in [0, 0.1) is 0 Å². The Morgan fingerprint density at radius 1 is 1.11 bits per heavy atom. The second kappa shape index (κ2) is 4.64. The number of methoxy groups -OCH3 is 2. The van der Waals surface area contributed by atoms with Gasteiger partial charge in [0.05, 0.1) is 19.8 Å². The summed E-state index contributed by atoms with van der Waals surface area (Å²) in [4.78, 5) is 8.51. The molecule has 6 nitrogen and oxygen atoms in total. The Kier molecular flexibility index (Phi) is 2.83. The van der Waals surface area contributed by atoms with Gasteiger partial charge in [-0.1, -0.05) is 0 Å². The van der Waals surface area contributed by atoms with Gasteiger partial charge in [0.1, 0.15) is 5.75 Å². The summed E-state index contributed by atoms with van der Waals surface area (Å²) < 4.78 is 21.1. The third-order valence-electron chi connectivity index (χ3n) is 2.77. The number of hydrogen-bond donors (Lipinski definition) is 0. The van der Waals surface area contributed by atoms with Crippen molar-refractivity contribution in [2.24, 2.45) is 0 Å². The topological polar surface area (TPSA) is 62.7 Å². The van der Waals surface area contributed by atoms with Crippen molar-refractivity contribution >= 4 is 0 Å². The molecule has 6 heteroatoms. The van der Waals surface area contributed by atoms with Crippen LogP contribution >= 0.6 is 0 Å². The van der Waals surface area contributed by atoms with Crippen LogP contribution in [0.1, 0.15) is 0 Å². The van der Waals surface area contributed by atoms with E-state index in [2.05, 4.69) is 9.97 Å². The smallest absolute Gasteiger partial charge is 0.231 e. The molecule has 0 aliphatic carbocycles. The van der Waals surface area contributed by atoms with Gasteiger partial charge in [-0.3, -0.25) is 0 Å². The molecule has 0 amide bonds. The number of rotatable bonds is 3. The van der Waals surface area contributed by atoms with E-state index in [1.165, 1.54) is 0 Å². The number of ether oxygens (including phenoxy) is 4. The Morgan fingerprint density at radius 2 is 1.89 bits per heavy atom. The molecule has 1 aromatic carbocycles. The molecule has 0 spiro atoms. The molecule has 1 aliphatic heterocycles. The highest BCUT2D eigenvalue weighted by atomic mass is 16.7. The highest BCUT2D eigenvalue weighted by molar-refractivity contribution is 5.70. The minimum atomic E-state index is 0.209. The first kappa shape index (κ1) is 11.6. The second-order valence-corrected chi connectivity index (χ2v) is 3.83. The molecule has 0 saturated carbocycles. The zero-order chi connectivity index (χ0) is 13.2. The molecule has 0 unspecified atom stereocenters. The van der Waals surface area contributed by atoms with Crippen LogP contribution in [0.5, 0.6) is 23.1 Å². The summed E-state index contributed by atoms with van der Waals surface area (Å²) in [7, 11) is 3.14. The van der Waals surface area contributed by atoms with Gasteiger partial charge < -0.3 is 18.9 Å². The van der Waals surface area contributed by atoms with E-state index in [9.17, 15) is 0 Å². The highest BCUT2D eigenvalue weighted by Crippen LogP contribution is 2.41. The van der Waals surface area contributed by atoms with Crippen molar-refractivity contribution in [3.8, 4) is 34.5 Å². The van der Waals surface area contributed by atoms with Gasteiger partial charge in [-0.05, 0) is 6.07 Å². The average Bonchev–Trinajstić information content (AvgIpc) is 2.93. The fourth-order valence-corrected chi connectivity index (χ4v) is 1.85. The van der Waals surface area contributed by atoms with Crippen molar-refractivity contribution in [3.05, 3.63) is 24.4 Å². The Labute approximate surface area is 109 Å². The van der Waals surface area contributed by atoms with E-state index in [1.54, 1.807) is 38.6 Å². The lowest BCUT2D eigenvalue weighted by Crippen LogP contribution is -1.95. The second-order valence-electron chi connectivity index (χ2n) is 3.83. The van der Waals surface area contributed by atoms with Gasteiger partial charge in [-0.15, -0.1) is 0 Å². The van der Waals surface area contributed by atoms with Crippen LogP contribution < -0.4 is 18.9 Å². The van der Waals surface area contributed by atoms with Crippen LogP contribution in [-0.4, -0.2) is 31.0 Å². The fourth-order valence-electron chi connectivity index (χ4n) is 1.85. The number of nitrogens with zero attached hydrogens (tertiary/aromatic N) is 2. The summed E-state index contributed by atoms with van der Waals surface area (Å²) in [5.41, 5.74) is 0.727. The van der Waals surface area contributed by atoms with Gasteiger partial charge in [0.15, 0.2) is 17.3 Å². The Morgan fingerprint density at radius 3 is 2.63 bits per heavy atom. The van der Waals surface area contributed by atoms with E-state index in [-0.39, 0.29) is 6.79 Å². The van der Waals surface area contributed by atoms with Gasteiger partial charge in [0, 0.05) is 18.3 Å². The Bertz CT molecular complexity index is 616. The molecule has 0 saturated heterocycles. The van der Waals surface area contributed by atoms with Crippen molar-refractivity contribution in [1.29, 1.82) is 0 Å². The summed E-state index contributed by atoms with van der Waals surface area (Å²) in [5, 5.41) is 0. The van der Waals surface area contributed by atoms with Crippen LogP contribution in [0.15, 0.2) is 24.4 Å². The van der Waals surface area contributed by atoms with Crippen molar-refractivity contribution in [1.82, 2.24) is 9.97 Å². The standard InChI is InChI=1S/C13H12N2O4/c1-16-9-6-11-10(18-7-19-11)5-8(9)13-14-4-3-12(15-13)17-2/h3-6H,7H2,1-2H3. The van der Waals surface area contributed by atoms with E-state index in [1.807, 2.05) is 0 Å². The van der Waals surface area contributed by atoms with Crippen molar-refractivity contribution < 1.29 is 18.9 Å². The van der Waals surface area contributed by atoms with Gasteiger partial charge in [0.25, 0.3) is 0 Å². The van der Waals surface area contributed by atoms with Gasteiger partial charge in [0.2, 0.25) is 12.7 Å². The minimum Gasteiger partial charge on any atom is -0.496 e. The maximum atomic E-state index is 5.35. The molecular formula is C13H12N2O4. The van der Waals surface area contributed by atoms with Crippen LogP contribution in [0.2, 0.25) is 0 Å². The first-order chi connectivity index (χ1) is 9.31. The third-order valence-corrected chi connectivity index (χ3v) is 2.77.